The van der Waals surface area contributed by atoms with E-state index in [1.807, 2.05) is 26.8 Å². The fourth-order valence-corrected chi connectivity index (χ4v) is 2.39. The monoisotopic (exact) mass is 266 g/mol. The zero-order valence-corrected chi connectivity index (χ0v) is 12.0. The highest BCUT2D eigenvalue weighted by Crippen LogP contribution is 2.25. The Bertz CT molecular complexity index is 450. The molecule has 0 aromatic carbocycles. The van der Waals surface area contributed by atoms with Crippen molar-refractivity contribution in [3.63, 3.8) is 0 Å². The molecular formula is C13H22N4O2. The molecule has 1 aliphatic heterocycles. The number of anilines is 2. The molecule has 0 saturated carbocycles. The SMILES string of the molecule is CNc1nc(C)cc(N2CC(CO)OC(C)(C)C2)n1. The molecule has 0 radical (unpaired) electrons. The zero-order valence-electron chi connectivity index (χ0n) is 12.0. The molecule has 0 spiro atoms. The van der Waals surface area contributed by atoms with Crippen LogP contribution in [0.1, 0.15) is 19.5 Å². The molecule has 1 saturated heterocycles. The minimum Gasteiger partial charge on any atom is -0.394 e. The maximum atomic E-state index is 9.35. The maximum Gasteiger partial charge on any atom is 0.224 e. The summed E-state index contributed by atoms with van der Waals surface area (Å²) in [7, 11) is 1.80. The standard InChI is InChI=1S/C13H22N4O2/c1-9-5-11(16-12(14-4)15-9)17-6-10(7-18)19-13(2,3)8-17/h5,10,18H,6-8H2,1-4H3,(H,14,15,16). The highest BCUT2D eigenvalue weighted by atomic mass is 16.5. The van der Waals surface area contributed by atoms with Crippen molar-refractivity contribution >= 4 is 11.8 Å². The number of nitrogens with one attached hydrogen (secondary N) is 1. The Kier molecular flexibility index (Phi) is 3.91. The van der Waals surface area contributed by atoms with Crippen molar-refractivity contribution in [1.82, 2.24) is 9.97 Å². The Labute approximate surface area is 113 Å². The van der Waals surface area contributed by atoms with Gasteiger partial charge in [0.1, 0.15) is 5.82 Å². The van der Waals surface area contributed by atoms with Crippen molar-refractivity contribution in [2.45, 2.75) is 32.5 Å². The lowest BCUT2D eigenvalue weighted by Gasteiger charge is -2.42. The lowest BCUT2D eigenvalue weighted by atomic mass is 10.1. The predicted molar refractivity (Wildman–Crippen MR) is 74.6 cm³/mol. The van der Waals surface area contributed by atoms with Gasteiger partial charge >= 0.3 is 0 Å². The van der Waals surface area contributed by atoms with Crippen LogP contribution in [0.2, 0.25) is 0 Å². The Morgan fingerprint density at radius 2 is 2.26 bits per heavy atom. The maximum absolute atomic E-state index is 9.35. The van der Waals surface area contributed by atoms with Crippen LogP contribution in [-0.2, 0) is 4.74 Å². The Morgan fingerprint density at radius 3 is 2.89 bits per heavy atom. The number of hydrogen-bond acceptors (Lipinski definition) is 6. The van der Waals surface area contributed by atoms with Gasteiger partial charge in [-0.05, 0) is 20.8 Å². The number of ether oxygens (including phenoxy) is 1. The smallest absolute Gasteiger partial charge is 0.224 e. The van der Waals surface area contributed by atoms with E-state index in [0.717, 1.165) is 18.1 Å². The average molecular weight is 266 g/mol. The number of aliphatic hydroxyl groups is 1. The number of aromatic nitrogens is 2. The van der Waals surface area contributed by atoms with E-state index >= 15 is 0 Å². The molecule has 1 aromatic heterocycles. The van der Waals surface area contributed by atoms with Crippen molar-refractivity contribution in [2.24, 2.45) is 0 Å². The molecule has 0 bridgehead atoms. The fraction of sp³-hybridized carbons (Fsp3) is 0.692. The van der Waals surface area contributed by atoms with Crippen LogP contribution in [0.25, 0.3) is 0 Å². The van der Waals surface area contributed by atoms with Gasteiger partial charge in [0, 0.05) is 31.9 Å². The molecule has 1 unspecified atom stereocenters. The van der Waals surface area contributed by atoms with Gasteiger partial charge in [0.15, 0.2) is 0 Å². The topological polar surface area (TPSA) is 70.5 Å². The molecule has 1 aromatic rings. The zero-order chi connectivity index (χ0) is 14.0. The Morgan fingerprint density at radius 1 is 1.53 bits per heavy atom. The van der Waals surface area contributed by atoms with Crippen molar-refractivity contribution in [3.05, 3.63) is 11.8 Å². The highest BCUT2D eigenvalue weighted by Gasteiger charge is 2.33. The van der Waals surface area contributed by atoms with E-state index in [-0.39, 0.29) is 18.3 Å². The number of nitrogens with zero attached hydrogens (tertiary/aromatic N) is 3. The molecule has 2 N–H and O–H groups in total. The number of hydrogen-bond donors (Lipinski definition) is 2. The Balaban J connectivity index is 2.27. The third-order valence-electron chi connectivity index (χ3n) is 3.07. The third kappa shape index (κ3) is 3.33. The molecule has 1 aliphatic rings. The summed E-state index contributed by atoms with van der Waals surface area (Å²) in [6.07, 6.45) is -0.183. The number of aliphatic hydroxyl groups excluding tert-OH is 1. The minimum absolute atomic E-state index is 0.0167. The number of rotatable bonds is 3. The quantitative estimate of drug-likeness (QED) is 0.843. The van der Waals surface area contributed by atoms with Crippen LogP contribution in [0, 0.1) is 6.92 Å². The molecule has 106 valence electrons. The first-order valence-electron chi connectivity index (χ1n) is 6.50. The summed E-state index contributed by atoms with van der Waals surface area (Å²) in [5.41, 5.74) is 0.615. The fourth-order valence-electron chi connectivity index (χ4n) is 2.39. The molecule has 6 nitrogen and oxygen atoms in total. The van der Waals surface area contributed by atoms with E-state index in [0.29, 0.717) is 12.5 Å². The molecule has 1 atom stereocenters. The van der Waals surface area contributed by atoms with E-state index in [9.17, 15) is 5.11 Å². The molecule has 1 fully saturated rings. The van der Waals surface area contributed by atoms with Crippen LogP contribution in [0.15, 0.2) is 6.07 Å². The molecule has 6 heteroatoms. The van der Waals surface area contributed by atoms with Crippen LogP contribution in [-0.4, -0.2) is 53.5 Å². The molecule has 2 heterocycles. The van der Waals surface area contributed by atoms with Crippen LogP contribution in [0.5, 0.6) is 0 Å². The van der Waals surface area contributed by atoms with Gasteiger partial charge in [-0.3, -0.25) is 0 Å². The van der Waals surface area contributed by atoms with Gasteiger partial charge in [-0.2, -0.15) is 4.98 Å². The lowest BCUT2D eigenvalue weighted by molar-refractivity contribution is -0.101. The normalized spacial score (nSPS) is 22.4. The van der Waals surface area contributed by atoms with Crippen molar-refractivity contribution in [3.8, 4) is 0 Å². The summed E-state index contributed by atoms with van der Waals surface area (Å²) >= 11 is 0. The van der Waals surface area contributed by atoms with E-state index in [1.54, 1.807) is 7.05 Å². The van der Waals surface area contributed by atoms with Crippen molar-refractivity contribution < 1.29 is 9.84 Å². The van der Waals surface area contributed by atoms with Crippen LogP contribution in [0.4, 0.5) is 11.8 Å². The van der Waals surface area contributed by atoms with Crippen LogP contribution in [0.3, 0.4) is 0 Å². The van der Waals surface area contributed by atoms with Gasteiger partial charge in [-0.15, -0.1) is 0 Å². The van der Waals surface area contributed by atoms with Crippen LogP contribution < -0.4 is 10.2 Å². The summed E-state index contributed by atoms with van der Waals surface area (Å²) < 4.78 is 5.81. The molecule has 0 amide bonds. The number of morpholine rings is 1. The average Bonchev–Trinajstić information content (AvgIpc) is 2.36. The van der Waals surface area contributed by atoms with Crippen molar-refractivity contribution in [2.75, 3.05) is 37.0 Å². The second kappa shape index (κ2) is 5.30. The van der Waals surface area contributed by atoms with Gasteiger partial charge in [0.25, 0.3) is 0 Å². The highest BCUT2D eigenvalue weighted by molar-refractivity contribution is 5.45. The molecular weight excluding hydrogens is 244 g/mol. The van der Waals surface area contributed by atoms with Crippen LogP contribution >= 0.6 is 0 Å². The van der Waals surface area contributed by atoms with Gasteiger partial charge < -0.3 is 20.1 Å². The molecule has 0 aliphatic carbocycles. The largest absolute Gasteiger partial charge is 0.394 e. The van der Waals surface area contributed by atoms with Gasteiger partial charge in [0.05, 0.1) is 18.3 Å². The van der Waals surface area contributed by atoms with E-state index in [4.69, 9.17) is 4.74 Å². The Hall–Kier alpha value is -1.40. The second-order valence-electron chi connectivity index (χ2n) is 5.50. The van der Waals surface area contributed by atoms with Crippen molar-refractivity contribution in [1.29, 1.82) is 0 Å². The second-order valence-corrected chi connectivity index (χ2v) is 5.50. The summed E-state index contributed by atoms with van der Waals surface area (Å²) in [6, 6.07) is 1.96. The minimum atomic E-state index is -0.301. The summed E-state index contributed by atoms with van der Waals surface area (Å²) in [6.45, 7) is 7.39. The summed E-state index contributed by atoms with van der Waals surface area (Å²) in [5.74, 6) is 1.48. The third-order valence-corrected chi connectivity index (χ3v) is 3.07. The number of aryl methyl sites for hydroxylation is 1. The molecule has 2 rings (SSSR count). The molecule has 19 heavy (non-hydrogen) atoms. The summed E-state index contributed by atoms with van der Waals surface area (Å²) in [5, 5.41) is 12.3. The summed E-state index contributed by atoms with van der Waals surface area (Å²) in [4.78, 5) is 10.9. The van der Waals surface area contributed by atoms with Gasteiger partial charge in [-0.25, -0.2) is 4.98 Å². The van der Waals surface area contributed by atoms with E-state index in [2.05, 4.69) is 20.2 Å². The first-order valence-corrected chi connectivity index (χ1v) is 6.50. The predicted octanol–water partition coefficient (Wildman–Crippen LogP) is 0.803. The first kappa shape index (κ1) is 14.0. The lowest BCUT2D eigenvalue weighted by Crippen LogP contribution is -2.54. The van der Waals surface area contributed by atoms with E-state index in [1.165, 1.54) is 0 Å². The van der Waals surface area contributed by atoms with E-state index < -0.39 is 0 Å². The van der Waals surface area contributed by atoms with Gasteiger partial charge in [-0.1, -0.05) is 0 Å². The van der Waals surface area contributed by atoms with Gasteiger partial charge in [0.2, 0.25) is 5.95 Å². The first-order chi connectivity index (χ1) is 8.93.